The van der Waals surface area contributed by atoms with E-state index >= 15 is 0 Å². The molecule has 1 aromatic carbocycles. The number of Topliss-reactive ketones (excluding diaryl/α,β-unsaturated/α-hetero) is 1. The molecule has 0 unspecified atom stereocenters. The Kier molecular flexibility index (Phi) is 7.02. The first-order valence-electron chi connectivity index (χ1n) is 8.10. The van der Waals surface area contributed by atoms with E-state index in [1.165, 1.54) is 18.3 Å². The summed E-state index contributed by atoms with van der Waals surface area (Å²) in [6.45, 7) is 0. The van der Waals surface area contributed by atoms with Crippen molar-refractivity contribution >= 4 is 41.1 Å². The zero-order chi connectivity index (χ0) is 20.6. The quantitative estimate of drug-likeness (QED) is 0.647. The van der Waals surface area contributed by atoms with Gasteiger partial charge in [-0.15, -0.1) is 0 Å². The molecule has 0 spiro atoms. The Hall–Kier alpha value is -3.49. The minimum Gasteiger partial charge on any atom is -0.313 e. The first kappa shape index (κ1) is 20.8. The number of nitrogens with one attached hydrogen (secondary N) is 2. The van der Waals surface area contributed by atoms with Crippen molar-refractivity contribution in [2.24, 2.45) is 9.98 Å². The normalized spacial score (nSPS) is 12.2. The van der Waals surface area contributed by atoms with Crippen LogP contribution in [0.1, 0.15) is 18.4 Å². The smallest absolute Gasteiger partial charge is 0.313 e. The zero-order valence-electron chi connectivity index (χ0n) is 14.6. The molecule has 0 aliphatic rings. The van der Waals surface area contributed by atoms with Crippen molar-refractivity contribution in [2.45, 2.75) is 19.0 Å². The van der Waals surface area contributed by atoms with E-state index in [4.69, 9.17) is 10.8 Å². The number of pyridine rings is 1. The number of alkyl halides is 3. The number of carbonyl (C=O) groups excluding carboxylic acids is 1. The van der Waals surface area contributed by atoms with E-state index in [0.29, 0.717) is 5.82 Å². The van der Waals surface area contributed by atoms with E-state index in [0.717, 1.165) is 24.6 Å². The Morgan fingerprint density at radius 2 is 1.93 bits per heavy atom. The SMILES string of the molecule is N=CCC(=Nc1ccccn1)C(=N)C(=O)CC=Nc1cccc(C(F)(F)F)c1. The van der Waals surface area contributed by atoms with Gasteiger partial charge in [-0.1, -0.05) is 12.1 Å². The van der Waals surface area contributed by atoms with Crippen LogP contribution in [-0.4, -0.2) is 34.6 Å². The third kappa shape index (κ3) is 6.04. The van der Waals surface area contributed by atoms with Gasteiger partial charge in [-0.3, -0.25) is 15.2 Å². The summed E-state index contributed by atoms with van der Waals surface area (Å²) in [4.78, 5) is 24.1. The largest absolute Gasteiger partial charge is 0.416 e. The van der Waals surface area contributed by atoms with Crippen LogP contribution in [0.3, 0.4) is 0 Å². The number of nitrogens with zero attached hydrogens (tertiary/aromatic N) is 3. The average molecular weight is 387 g/mol. The van der Waals surface area contributed by atoms with Gasteiger partial charge in [0.2, 0.25) is 0 Å². The van der Waals surface area contributed by atoms with Crippen molar-refractivity contribution in [1.82, 2.24) is 4.98 Å². The molecule has 0 saturated carbocycles. The van der Waals surface area contributed by atoms with Crippen molar-refractivity contribution in [1.29, 1.82) is 10.8 Å². The van der Waals surface area contributed by atoms with Crippen LogP contribution in [-0.2, 0) is 11.0 Å². The molecular weight excluding hydrogens is 371 g/mol. The second-order valence-electron chi connectivity index (χ2n) is 5.52. The average Bonchev–Trinajstić information content (AvgIpc) is 2.67. The first-order chi connectivity index (χ1) is 13.3. The molecule has 0 radical (unpaired) electrons. The van der Waals surface area contributed by atoms with Gasteiger partial charge in [-0.2, -0.15) is 13.2 Å². The van der Waals surface area contributed by atoms with E-state index in [1.807, 2.05) is 0 Å². The summed E-state index contributed by atoms with van der Waals surface area (Å²) < 4.78 is 38.1. The highest BCUT2D eigenvalue weighted by Gasteiger charge is 2.30. The molecule has 0 atom stereocenters. The maximum Gasteiger partial charge on any atom is 0.416 e. The van der Waals surface area contributed by atoms with Crippen LogP contribution in [0.15, 0.2) is 58.6 Å². The Morgan fingerprint density at radius 1 is 1.14 bits per heavy atom. The molecule has 144 valence electrons. The number of hydrogen-bond acceptors (Lipinski definition) is 6. The van der Waals surface area contributed by atoms with Crippen LogP contribution in [0.5, 0.6) is 0 Å². The Labute approximate surface area is 158 Å². The fourth-order valence-corrected chi connectivity index (χ4v) is 2.12. The molecule has 2 aromatic rings. The maximum absolute atomic E-state index is 12.7. The van der Waals surface area contributed by atoms with Gasteiger partial charge in [0, 0.05) is 31.5 Å². The summed E-state index contributed by atoms with van der Waals surface area (Å²) in [5.74, 6) is -0.318. The Bertz CT molecular complexity index is 921. The summed E-state index contributed by atoms with van der Waals surface area (Å²) in [6, 6.07) is 9.38. The van der Waals surface area contributed by atoms with Crippen molar-refractivity contribution in [3.05, 3.63) is 54.2 Å². The Morgan fingerprint density at radius 3 is 2.57 bits per heavy atom. The van der Waals surface area contributed by atoms with E-state index < -0.39 is 23.2 Å². The molecule has 6 nitrogen and oxygen atoms in total. The lowest BCUT2D eigenvalue weighted by Gasteiger charge is -2.06. The standard InChI is InChI=1S/C19H16F3N5O/c20-19(21,22)13-4-3-5-14(12-13)25-11-8-16(28)18(24)15(7-9-23)27-17-6-1-2-10-26-17/h1-6,9-12,23-24H,7-8H2. The molecule has 1 aromatic heterocycles. The molecule has 0 aliphatic carbocycles. The minimum atomic E-state index is -4.48. The lowest BCUT2D eigenvalue weighted by molar-refractivity contribution is -0.137. The van der Waals surface area contributed by atoms with Crippen LogP contribution < -0.4 is 0 Å². The molecular formula is C19H16F3N5O. The number of ketones is 1. The molecule has 0 amide bonds. The highest BCUT2D eigenvalue weighted by atomic mass is 19.4. The van der Waals surface area contributed by atoms with Gasteiger partial charge < -0.3 is 5.41 Å². The number of carbonyl (C=O) groups is 1. The number of benzene rings is 1. The lowest BCUT2D eigenvalue weighted by Crippen LogP contribution is -2.23. The summed E-state index contributed by atoms with van der Waals surface area (Å²) in [6.07, 6.45) is -1.11. The number of aliphatic imine (C=N–C) groups is 2. The van der Waals surface area contributed by atoms with Crippen molar-refractivity contribution in [2.75, 3.05) is 0 Å². The minimum absolute atomic E-state index is 0.0219. The second-order valence-corrected chi connectivity index (χ2v) is 5.52. The molecule has 9 heteroatoms. The zero-order valence-corrected chi connectivity index (χ0v) is 14.6. The van der Waals surface area contributed by atoms with Crippen molar-refractivity contribution < 1.29 is 18.0 Å². The van der Waals surface area contributed by atoms with Gasteiger partial charge >= 0.3 is 6.18 Å². The fourth-order valence-electron chi connectivity index (χ4n) is 2.12. The summed E-state index contributed by atoms with van der Waals surface area (Å²) >= 11 is 0. The fraction of sp³-hybridized carbons (Fsp3) is 0.158. The maximum atomic E-state index is 12.7. The van der Waals surface area contributed by atoms with Gasteiger partial charge in [0.1, 0.15) is 5.71 Å². The topological polar surface area (TPSA) is 102 Å². The monoisotopic (exact) mass is 387 g/mol. The predicted molar refractivity (Wildman–Crippen MR) is 102 cm³/mol. The predicted octanol–water partition coefficient (Wildman–Crippen LogP) is 4.59. The highest BCUT2D eigenvalue weighted by molar-refractivity contribution is 6.68. The van der Waals surface area contributed by atoms with Gasteiger partial charge in [0.05, 0.1) is 17.0 Å². The molecule has 0 bridgehead atoms. The van der Waals surface area contributed by atoms with E-state index in [2.05, 4.69) is 15.0 Å². The van der Waals surface area contributed by atoms with Crippen molar-refractivity contribution in [3.63, 3.8) is 0 Å². The molecule has 2 rings (SSSR count). The lowest BCUT2D eigenvalue weighted by atomic mass is 10.1. The summed E-state index contributed by atoms with van der Waals surface area (Å²) in [5.41, 5.74) is -1.11. The van der Waals surface area contributed by atoms with Crippen LogP contribution in [0.4, 0.5) is 24.7 Å². The van der Waals surface area contributed by atoms with Gasteiger partial charge in [-0.25, -0.2) is 9.98 Å². The van der Waals surface area contributed by atoms with Crippen LogP contribution in [0, 0.1) is 10.8 Å². The molecule has 0 saturated heterocycles. The molecule has 1 heterocycles. The van der Waals surface area contributed by atoms with Crippen LogP contribution in [0.25, 0.3) is 0 Å². The van der Waals surface area contributed by atoms with E-state index in [1.54, 1.807) is 18.2 Å². The van der Waals surface area contributed by atoms with Crippen LogP contribution >= 0.6 is 0 Å². The Balaban J connectivity index is 2.08. The van der Waals surface area contributed by atoms with Gasteiger partial charge in [0.25, 0.3) is 0 Å². The highest BCUT2D eigenvalue weighted by Crippen LogP contribution is 2.31. The second kappa shape index (κ2) is 9.45. The van der Waals surface area contributed by atoms with Crippen molar-refractivity contribution in [3.8, 4) is 0 Å². The number of rotatable bonds is 8. The number of hydrogen-bond donors (Lipinski definition) is 2. The number of halogens is 3. The summed E-state index contributed by atoms with van der Waals surface area (Å²) in [7, 11) is 0. The van der Waals surface area contributed by atoms with E-state index in [9.17, 15) is 18.0 Å². The van der Waals surface area contributed by atoms with E-state index in [-0.39, 0.29) is 24.2 Å². The van der Waals surface area contributed by atoms with Gasteiger partial charge in [-0.05, 0) is 30.3 Å². The van der Waals surface area contributed by atoms with Crippen LogP contribution in [0.2, 0.25) is 0 Å². The number of aromatic nitrogens is 1. The van der Waals surface area contributed by atoms with Gasteiger partial charge in [0.15, 0.2) is 11.6 Å². The molecule has 0 aliphatic heterocycles. The molecule has 0 fully saturated rings. The summed E-state index contributed by atoms with van der Waals surface area (Å²) in [5, 5.41) is 15.2. The third-order valence-corrected chi connectivity index (χ3v) is 3.45. The third-order valence-electron chi connectivity index (χ3n) is 3.45. The molecule has 28 heavy (non-hydrogen) atoms. The first-order valence-corrected chi connectivity index (χ1v) is 8.10. The molecule has 2 N–H and O–H groups in total.